The monoisotopic (exact) mass is 491 g/mol. The minimum atomic E-state index is -4.55. The van der Waals surface area contributed by atoms with Crippen LogP contribution in [0.25, 0.3) is 22.0 Å². The number of benzene rings is 1. The average molecular weight is 492 g/mol. The van der Waals surface area contributed by atoms with Gasteiger partial charge in [-0.1, -0.05) is 31.5 Å². The number of rotatable bonds is 7. The lowest BCUT2D eigenvalue weighted by Crippen LogP contribution is -2.22. The van der Waals surface area contributed by atoms with Crippen molar-refractivity contribution in [2.24, 2.45) is 0 Å². The average Bonchev–Trinajstić information content (AvgIpc) is 3.31. The number of halogens is 3. The molecule has 0 aliphatic rings. The topological polar surface area (TPSA) is 52.2 Å². The van der Waals surface area contributed by atoms with E-state index in [1.165, 1.54) is 13.8 Å². The number of hydrogen-bond donors (Lipinski definition) is 1. The molecule has 0 radical (unpaired) electrons. The van der Waals surface area contributed by atoms with Gasteiger partial charge in [0, 0.05) is 55.7 Å². The van der Waals surface area contributed by atoms with E-state index >= 15 is 0 Å². The van der Waals surface area contributed by atoms with Crippen molar-refractivity contribution < 1.29 is 23.0 Å². The molecule has 0 bridgehead atoms. The van der Waals surface area contributed by atoms with Gasteiger partial charge in [-0.3, -0.25) is 0 Å². The van der Waals surface area contributed by atoms with Crippen molar-refractivity contribution >= 4 is 19.0 Å². The molecule has 3 rings (SSSR count). The van der Waals surface area contributed by atoms with E-state index in [4.69, 9.17) is 4.74 Å². The third kappa shape index (κ3) is 6.53. The fourth-order valence-corrected chi connectivity index (χ4v) is 4.30. The van der Waals surface area contributed by atoms with Gasteiger partial charge in [-0.2, -0.15) is 18.3 Å². The van der Waals surface area contributed by atoms with Gasteiger partial charge in [-0.25, -0.2) is 4.68 Å². The number of aliphatic hydroxyl groups is 1. The molecule has 3 aromatic rings. The maximum Gasteiger partial charge on any atom is 0.418 e. The number of alkyl halides is 3. The van der Waals surface area contributed by atoms with Crippen molar-refractivity contribution in [2.45, 2.75) is 71.5 Å². The second kappa shape index (κ2) is 9.60. The maximum absolute atomic E-state index is 14.0. The van der Waals surface area contributed by atoms with Crippen LogP contribution in [0, 0.1) is 11.8 Å². The summed E-state index contributed by atoms with van der Waals surface area (Å²) in [4.78, 5) is 0. The number of nitrogens with zero attached hydrogens (tertiary/aromatic N) is 3. The van der Waals surface area contributed by atoms with E-state index < -0.39 is 25.4 Å². The Balaban J connectivity index is 2.05. The molecular weight excluding hydrogens is 459 g/mol. The number of aryl methyl sites for hydroxylation is 1. The van der Waals surface area contributed by atoms with Crippen LogP contribution in [0.3, 0.4) is 0 Å². The van der Waals surface area contributed by atoms with E-state index in [0.717, 1.165) is 12.1 Å². The van der Waals surface area contributed by atoms with E-state index in [9.17, 15) is 18.3 Å². The van der Waals surface area contributed by atoms with Gasteiger partial charge >= 0.3 is 6.18 Å². The highest BCUT2D eigenvalue weighted by Gasteiger charge is 2.35. The first kappa shape index (κ1) is 26.1. The van der Waals surface area contributed by atoms with E-state index in [-0.39, 0.29) is 17.8 Å². The van der Waals surface area contributed by atoms with Gasteiger partial charge in [-0.15, -0.1) is 0 Å². The maximum atomic E-state index is 14.0. The Hall–Kier alpha value is -2.54. The van der Waals surface area contributed by atoms with Crippen LogP contribution >= 0.6 is 0 Å². The summed E-state index contributed by atoms with van der Waals surface area (Å²) in [6.07, 6.45) is 0.590. The van der Waals surface area contributed by atoms with Crippen LogP contribution in [-0.2, 0) is 24.2 Å². The standard InChI is InChI=1S/C25H32F3N3O2Si/c1-7-30-16-21(19-14-29-31(15-19)17-33-10-11-34(4,5)6)20-12-18(8-9-24(2,3)32)13-22(23(20)30)25(26,27)28/h12-16,32H,7,10-11,17H2,1-6H3. The number of fused-ring (bicyclic) bond motifs is 1. The van der Waals surface area contributed by atoms with Gasteiger partial charge in [0.1, 0.15) is 12.3 Å². The molecule has 0 aliphatic heterocycles. The summed E-state index contributed by atoms with van der Waals surface area (Å²) in [5.41, 5.74) is -0.422. The van der Waals surface area contributed by atoms with Crippen LogP contribution in [0.4, 0.5) is 13.2 Å². The Morgan fingerprint density at radius 1 is 1.15 bits per heavy atom. The van der Waals surface area contributed by atoms with Crippen LogP contribution in [0.2, 0.25) is 25.7 Å². The lowest BCUT2D eigenvalue weighted by atomic mass is 10.0. The van der Waals surface area contributed by atoms with Gasteiger partial charge in [0.15, 0.2) is 0 Å². The summed E-state index contributed by atoms with van der Waals surface area (Å²) in [5.74, 6) is 5.31. The van der Waals surface area contributed by atoms with E-state index in [1.807, 2.05) is 0 Å². The number of ether oxygens (including phenoxy) is 1. The highest BCUT2D eigenvalue weighted by Crippen LogP contribution is 2.40. The molecule has 9 heteroatoms. The third-order valence-corrected chi connectivity index (χ3v) is 7.00. The van der Waals surface area contributed by atoms with Crippen LogP contribution in [0.15, 0.2) is 30.7 Å². The number of aromatic nitrogens is 3. The first-order chi connectivity index (χ1) is 15.7. The van der Waals surface area contributed by atoms with E-state index in [2.05, 4.69) is 36.6 Å². The fraction of sp³-hybridized carbons (Fsp3) is 0.480. The smallest absolute Gasteiger partial charge is 0.378 e. The summed E-state index contributed by atoms with van der Waals surface area (Å²) in [7, 11) is -1.20. The Morgan fingerprint density at radius 3 is 2.44 bits per heavy atom. The van der Waals surface area contributed by atoms with Gasteiger partial charge in [0.2, 0.25) is 0 Å². The highest BCUT2D eigenvalue weighted by molar-refractivity contribution is 6.76. The van der Waals surface area contributed by atoms with Crippen molar-refractivity contribution in [1.29, 1.82) is 0 Å². The molecule has 0 atom stereocenters. The molecule has 0 fully saturated rings. The molecule has 2 heterocycles. The van der Waals surface area contributed by atoms with Crippen LogP contribution in [-0.4, -0.2) is 39.7 Å². The molecular formula is C25H32F3N3O2Si. The minimum Gasteiger partial charge on any atom is -0.378 e. The van der Waals surface area contributed by atoms with Crippen LogP contribution < -0.4 is 0 Å². The zero-order valence-corrected chi connectivity index (χ0v) is 21.5. The summed E-state index contributed by atoms with van der Waals surface area (Å²) < 4.78 is 51.1. The molecule has 0 amide bonds. The highest BCUT2D eigenvalue weighted by atomic mass is 28.3. The molecule has 5 nitrogen and oxygen atoms in total. The molecule has 34 heavy (non-hydrogen) atoms. The van der Waals surface area contributed by atoms with Crippen molar-refractivity contribution in [2.75, 3.05) is 6.61 Å². The summed E-state index contributed by atoms with van der Waals surface area (Å²) in [6.45, 7) is 12.9. The Morgan fingerprint density at radius 2 is 1.85 bits per heavy atom. The summed E-state index contributed by atoms with van der Waals surface area (Å²) in [5, 5.41) is 14.7. The SMILES string of the molecule is CCn1cc(-c2cnn(COCC[Si](C)(C)C)c2)c2cc(C#CC(C)(C)O)cc(C(F)(F)F)c21. The summed E-state index contributed by atoms with van der Waals surface area (Å²) >= 11 is 0. The summed E-state index contributed by atoms with van der Waals surface area (Å²) in [6, 6.07) is 3.74. The second-order valence-electron chi connectivity index (χ2n) is 10.2. The predicted molar refractivity (Wildman–Crippen MR) is 131 cm³/mol. The molecule has 0 spiro atoms. The molecule has 184 valence electrons. The largest absolute Gasteiger partial charge is 0.418 e. The lowest BCUT2D eigenvalue weighted by molar-refractivity contribution is -0.136. The molecule has 0 aliphatic carbocycles. The van der Waals surface area contributed by atoms with Gasteiger partial charge in [-0.05, 0) is 38.9 Å². The normalized spacial score (nSPS) is 12.8. The van der Waals surface area contributed by atoms with Gasteiger partial charge < -0.3 is 14.4 Å². The lowest BCUT2D eigenvalue weighted by Gasteiger charge is -2.15. The van der Waals surface area contributed by atoms with Crippen LogP contribution in [0.5, 0.6) is 0 Å². The van der Waals surface area contributed by atoms with Gasteiger partial charge in [0.05, 0.1) is 17.3 Å². The van der Waals surface area contributed by atoms with Crippen molar-refractivity contribution in [1.82, 2.24) is 14.3 Å². The first-order valence-corrected chi connectivity index (χ1v) is 15.0. The zero-order chi connectivity index (χ0) is 25.3. The fourth-order valence-electron chi connectivity index (χ4n) is 3.54. The third-order valence-electron chi connectivity index (χ3n) is 5.30. The van der Waals surface area contributed by atoms with E-state index in [0.29, 0.717) is 29.7 Å². The molecule has 0 saturated carbocycles. The predicted octanol–water partition coefficient (Wildman–Crippen LogP) is 5.98. The first-order valence-electron chi connectivity index (χ1n) is 11.3. The Bertz CT molecular complexity index is 1220. The Labute approximate surface area is 199 Å². The van der Waals surface area contributed by atoms with Crippen molar-refractivity contribution in [3.05, 3.63) is 41.9 Å². The number of hydrogen-bond acceptors (Lipinski definition) is 3. The molecule has 2 aromatic heterocycles. The van der Waals surface area contributed by atoms with Crippen molar-refractivity contribution in [3.63, 3.8) is 0 Å². The quantitative estimate of drug-likeness (QED) is 0.251. The van der Waals surface area contributed by atoms with Gasteiger partial charge in [0.25, 0.3) is 0 Å². The molecule has 1 N–H and O–H groups in total. The van der Waals surface area contributed by atoms with E-state index in [1.54, 1.807) is 40.8 Å². The minimum absolute atomic E-state index is 0.109. The van der Waals surface area contributed by atoms with Crippen molar-refractivity contribution in [3.8, 4) is 23.0 Å². The second-order valence-corrected chi connectivity index (χ2v) is 15.8. The molecule has 0 unspecified atom stereocenters. The Kier molecular flexibility index (Phi) is 7.36. The van der Waals surface area contributed by atoms with Crippen LogP contribution in [0.1, 0.15) is 31.9 Å². The zero-order valence-electron chi connectivity index (χ0n) is 20.5. The molecule has 1 aromatic carbocycles. The molecule has 0 saturated heterocycles.